The average molecular weight is 265 g/mol. The number of hydrogen-bond donors (Lipinski definition) is 1. The molecule has 100 valence electrons. The van der Waals surface area contributed by atoms with E-state index in [1.54, 1.807) is 0 Å². The zero-order valence-electron chi connectivity index (χ0n) is 10.2. The van der Waals surface area contributed by atoms with Gasteiger partial charge >= 0.3 is 0 Å². The zero-order chi connectivity index (χ0) is 14.0. The minimum atomic E-state index is -0.595. The molecule has 1 heterocycles. The third-order valence-corrected chi connectivity index (χ3v) is 2.64. The Morgan fingerprint density at radius 2 is 2.26 bits per heavy atom. The molecule has 2 aromatic rings. The molecule has 0 unspecified atom stereocenters. The molecule has 0 spiro atoms. The first-order valence-corrected chi connectivity index (χ1v) is 5.69. The first kappa shape index (κ1) is 12.9. The van der Waals surface area contributed by atoms with E-state index in [1.165, 1.54) is 4.68 Å². The Morgan fingerprint density at radius 1 is 1.53 bits per heavy atom. The van der Waals surface area contributed by atoms with E-state index in [0.29, 0.717) is 12.1 Å². The number of nitrogen functional groups attached to an aromatic ring is 1. The number of nitro benzene ring substituents is 1. The number of rotatable bonds is 4. The number of nitrogens with zero attached hydrogens (tertiary/aromatic N) is 4. The van der Waals surface area contributed by atoms with E-state index in [0.717, 1.165) is 24.6 Å². The van der Waals surface area contributed by atoms with Gasteiger partial charge in [0.2, 0.25) is 0 Å². The normalized spacial score (nSPS) is 10.6. The number of anilines is 1. The van der Waals surface area contributed by atoms with Gasteiger partial charge < -0.3 is 5.73 Å². The second-order valence-corrected chi connectivity index (χ2v) is 3.97. The van der Waals surface area contributed by atoms with Crippen LogP contribution in [0, 0.1) is 15.9 Å². The highest BCUT2D eigenvalue weighted by molar-refractivity contribution is 5.54. The Bertz CT molecular complexity index is 626. The molecule has 0 saturated carbocycles. The molecule has 1 aromatic heterocycles. The monoisotopic (exact) mass is 265 g/mol. The lowest BCUT2D eigenvalue weighted by Gasteiger charge is -2.06. The van der Waals surface area contributed by atoms with Gasteiger partial charge in [-0.3, -0.25) is 10.1 Å². The molecule has 1 aromatic carbocycles. The predicted molar refractivity (Wildman–Crippen MR) is 66.4 cm³/mol. The Balaban J connectivity index is 2.64. The van der Waals surface area contributed by atoms with Crippen molar-refractivity contribution >= 4 is 11.5 Å². The third kappa shape index (κ3) is 2.37. The maximum absolute atomic E-state index is 13.3. The first-order valence-electron chi connectivity index (χ1n) is 5.69. The van der Waals surface area contributed by atoms with Crippen LogP contribution < -0.4 is 5.73 Å². The Morgan fingerprint density at radius 3 is 2.89 bits per heavy atom. The maximum Gasteiger partial charge on any atom is 0.295 e. The van der Waals surface area contributed by atoms with Crippen molar-refractivity contribution in [2.45, 2.75) is 19.8 Å². The van der Waals surface area contributed by atoms with Gasteiger partial charge in [-0.1, -0.05) is 18.6 Å². The number of nitro groups is 1. The highest BCUT2D eigenvalue weighted by atomic mass is 19.1. The van der Waals surface area contributed by atoms with Gasteiger partial charge in [-0.25, -0.2) is 9.07 Å². The average Bonchev–Trinajstić information content (AvgIpc) is 2.71. The van der Waals surface area contributed by atoms with Crippen molar-refractivity contribution in [1.82, 2.24) is 15.0 Å². The topological polar surface area (TPSA) is 99.9 Å². The summed E-state index contributed by atoms with van der Waals surface area (Å²) in [6, 6.07) is 3.17. The molecule has 0 bridgehead atoms. The molecule has 8 heteroatoms. The molecule has 2 rings (SSSR count). The summed E-state index contributed by atoms with van der Waals surface area (Å²) < 4.78 is 14.5. The zero-order valence-corrected chi connectivity index (χ0v) is 10.2. The fraction of sp³-hybridized carbons (Fsp3) is 0.273. The van der Waals surface area contributed by atoms with Gasteiger partial charge in [0, 0.05) is 12.1 Å². The summed E-state index contributed by atoms with van der Waals surface area (Å²) in [7, 11) is 0. The molecule has 2 N–H and O–H groups in total. The summed E-state index contributed by atoms with van der Waals surface area (Å²) in [5, 5.41) is 18.4. The summed E-state index contributed by atoms with van der Waals surface area (Å²) in [5.41, 5.74) is 5.99. The maximum atomic E-state index is 13.3. The van der Waals surface area contributed by atoms with Crippen molar-refractivity contribution in [2.24, 2.45) is 0 Å². The van der Waals surface area contributed by atoms with Crippen LogP contribution in [-0.4, -0.2) is 19.9 Å². The largest absolute Gasteiger partial charge is 0.381 e. The number of nitrogens with two attached hydrogens (primary N) is 1. The lowest BCUT2D eigenvalue weighted by molar-refractivity contribution is -0.384. The van der Waals surface area contributed by atoms with Crippen LogP contribution in [-0.2, 0) is 6.42 Å². The second-order valence-electron chi connectivity index (χ2n) is 3.97. The summed E-state index contributed by atoms with van der Waals surface area (Å²) >= 11 is 0. The summed E-state index contributed by atoms with van der Waals surface area (Å²) in [6.07, 6.45) is 1.31. The summed E-state index contributed by atoms with van der Waals surface area (Å²) in [6.45, 7) is 1.93. The van der Waals surface area contributed by atoms with Gasteiger partial charge in [0.15, 0.2) is 5.82 Å². The smallest absolute Gasteiger partial charge is 0.295 e. The van der Waals surface area contributed by atoms with E-state index in [2.05, 4.69) is 10.3 Å². The van der Waals surface area contributed by atoms with Crippen molar-refractivity contribution in [2.75, 3.05) is 5.73 Å². The second kappa shape index (κ2) is 5.01. The Labute approximate surface area is 108 Å². The van der Waals surface area contributed by atoms with Crippen molar-refractivity contribution in [3.8, 4) is 5.69 Å². The summed E-state index contributed by atoms with van der Waals surface area (Å²) in [4.78, 5) is 10.4. The van der Waals surface area contributed by atoms with Crippen molar-refractivity contribution in [3.63, 3.8) is 0 Å². The lowest BCUT2D eigenvalue weighted by atomic mass is 10.2. The van der Waals surface area contributed by atoms with Gasteiger partial charge in [-0.2, -0.15) is 0 Å². The van der Waals surface area contributed by atoms with Crippen molar-refractivity contribution in [1.29, 1.82) is 0 Å². The highest BCUT2D eigenvalue weighted by Gasteiger charge is 2.21. The highest BCUT2D eigenvalue weighted by Crippen LogP contribution is 2.26. The number of aromatic nitrogens is 3. The molecule has 19 heavy (non-hydrogen) atoms. The van der Waals surface area contributed by atoms with Crippen LogP contribution in [0.15, 0.2) is 18.2 Å². The lowest BCUT2D eigenvalue weighted by Crippen LogP contribution is -2.07. The Hall–Kier alpha value is -2.51. The molecular formula is C11H12FN5O2. The molecule has 0 radical (unpaired) electrons. The molecule has 0 amide bonds. The third-order valence-electron chi connectivity index (χ3n) is 2.64. The SMILES string of the molecule is CCCc1c(N)nnn1-c1cc(F)ccc1[N+](=O)[O-]. The van der Waals surface area contributed by atoms with Crippen LogP contribution in [0.5, 0.6) is 0 Å². The van der Waals surface area contributed by atoms with Crippen LogP contribution in [0.2, 0.25) is 0 Å². The van der Waals surface area contributed by atoms with Crippen molar-refractivity contribution < 1.29 is 9.31 Å². The molecule has 0 atom stereocenters. The fourth-order valence-corrected chi connectivity index (χ4v) is 1.80. The van der Waals surface area contributed by atoms with Gasteiger partial charge in [0.1, 0.15) is 11.5 Å². The molecule has 0 aliphatic heterocycles. The number of hydrogen-bond acceptors (Lipinski definition) is 5. The Kier molecular flexibility index (Phi) is 3.41. The molecule has 0 aliphatic rings. The van der Waals surface area contributed by atoms with Crippen LogP contribution in [0.3, 0.4) is 0 Å². The number of benzene rings is 1. The minimum absolute atomic E-state index is 0.0256. The molecular weight excluding hydrogens is 253 g/mol. The van der Waals surface area contributed by atoms with Gasteiger partial charge in [-0.05, 0) is 12.5 Å². The van der Waals surface area contributed by atoms with E-state index >= 15 is 0 Å². The van der Waals surface area contributed by atoms with Gasteiger partial charge in [0.25, 0.3) is 5.69 Å². The van der Waals surface area contributed by atoms with Crippen LogP contribution in [0.25, 0.3) is 5.69 Å². The summed E-state index contributed by atoms with van der Waals surface area (Å²) in [5.74, 6) is -0.391. The van der Waals surface area contributed by atoms with Gasteiger partial charge in [0.05, 0.1) is 10.6 Å². The van der Waals surface area contributed by atoms with E-state index in [-0.39, 0.29) is 17.2 Å². The van der Waals surface area contributed by atoms with Crippen LogP contribution in [0.1, 0.15) is 19.0 Å². The van der Waals surface area contributed by atoms with Crippen molar-refractivity contribution in [3.05, 3.63) is 39.8 Å². The van der Waals surface area contributed by atoms with Gasteiger partial charge in [-0.15, -0.1) is 5.10 Å². The van der Waals surface area contributed by atoms with Crippen LogP contribution in [0.4, 0.5) is 15.9 Å². The minimum Gasteiger partial charge on any atom is -0.381 e. The predicted octanol–water partition coefficient (Wildman–Crippen LogP) is 1.85. The standard InChI is InChI=1S/C11H12FN5O2/c1-2-3-9-11(13)14-15-16(9)10-6-7(12)4-5-8(10)17(18)19/h4-6H,2-3,13H2,1H3. The molecule has 0 fully saturated rings. The van der Waals surface area contributed by atoms with E-state index in [9.17, 15) is 14.5 Å². The number of halogens is 1. The first-order chi connectivity index (χ1) is 9.04. The van der Waals surface area contributed by atoms with E-state index in [1.807, 2.05) is 6.92 Å². The van der Waals surface area contributed by atoms with Crippen LogP contribution >= 0.6 is 0 Å². The molecule has 7 nitrogen and oxygen atoms in total. The van der Waals surface area contributed by atoms with E-state index < -0.39 is 10.7 Å². The molecule has 0 aliphatic carbocycles. The molecule has 0 saturated heterocycles. The quantitative estimate of drug-likeness (QED) is 0.671. The van der Waals surface area contributed by atoms with E-state index in [4.69, 9.17) is 5.73 Å². The fourth-order valence-electron chi connectivity index (χ4n) is 1.80.